The van der Waals surface area contributed by atoms with E-state index in [1.807, 2.05) is 31.2 Å². The molecule has 1 N–H and O–H groups in total. The van der Waals surface area contributed by atoms with Gasteiger partial charge in [-0.15, -0.1) is 0 Å². The SMILES string of the molecule is CC(C(=O)NC1CCN(C)CC1)c1cccc(Br)c1. The van der Waals surface area contributed by atoms with Gasteiger partial charge in [0.05, 0.1) is 5.92 Å². The second kappa shape index (κ2) is 6.53. The minimum atomic E-state index is -0.0999. The van der Waals surface area contributed by atoms with E-state index in [9.17, 15) is 4.79 Å². The Balaban J connectivity index is 1.92. The van der Waals surface area contributed by atoms with Crippen molar-refractivity contribution in [1.29, 1.82) is 0 Å². The van der Waals surface area contributed by atoms with Crippen molar-refractivity contribution in [1.82, 2.24) is 10.2 Å². The van der Waals surface area contributed by atoms with Crippen LogP contribution in [0.25, 0.3) is 0 Å². The van der Waals surface area contributed by atoms with Crippen molar-refractivity contribution in [3.05, 3.63) is 34.3 Å². The summed E-state index contributed by atoms with van der Waals surface area (Å²) < 4.78 is 1.02. The smallest absolute Gasteiger partial charge is 0.227 e. The summed E-state index contributed by atoms with van der Waals surface area (Å²) in [6.07, 6.45) is 2.10. The highest BCUT2D eigenvalue weighted by atomic mass is 79.9. The summed E-state index contributed by atoms with van der Waals surface area (Å²) in [6, 6.07) is 8.30. The normalized spacial score (nSPS) is 19.1. The number of halogens is 1. The second-order valence-electron chi connectivity index (χ2n) is 5.36. The molecule has 0 aliphatic carbocycles. The highest BCUT2D eigenvalue weighted by molar-refractivity contribution is 9.10. The van der Waals surface area contributed by atoms with Crippen LogP contribution >= 0.6 is 15.9 Å². The van der Waals surface area contributed by atoms with E-state index in [2.05, 4.69) is 33.2 Å². The third-order valence-corrected chi connectivity index (χ3v) is 4.30. The Bertz CT molecular complexity index is 442. The van der Waals surface area contributed by atoms with Crippen LogP contribution in [-0.4, -0.2) is 37.0 Å². The average molecular weight is 325 g/mol. The van der Waals surface area contributed by atoms with Gasteiger partial charge in [0.2, 0.25) is 5.91 Å². The van der Waals surface area contributed by atoms with Crippen LogP contribution in [0.1, 0.15) is 31.2 Å². The molecule has 2 rings (SSSR count). The van der Waals surface area contributed by atoms with Gasteiger partial charge in [-0.25, -0.2) is 0 Å². The van der Waals surface area contributed by atoms with Gasteiger partial charge in [0.1, 0.15) is 0 Å². The third-order valence-electron chi connectivity index (χ3n) is 3.81. The summed E-state index contributed by atoms with van der Waals surface area (Å²) >= 11 is 3.45. The van der Waals surface area contributed by atoms with E-state index in [1.165, 1.54) is 0 Å². The number of rotatable bonds is 3. The van der Waals surface area contributed by atoms with Crippen molar-refractivity contribution in [2.24, 2.45) is 0 Å². The van der Waals surface area contributed by atoms with Crippen molar-refractivity contribution in [2.75, 3.05) is 20.1 Å². The Morgan fingerprint density at radius 2 is 2.11 bits per heavy atom. The van der Waals surface area contributed by atoms with E-state index < -0.39 is 0 Å². The molecule has 0 saturated carbocycles. The van der Waals surface area contributed by atoms with Crippen molar-refractivity contribution in [3.8, 4) is 0 Å². The first-order valence-electron chi connectivity index (χ1n) is 6.80. The third kappa shape index (κ3) is 4.05. The van der Waals surface area contributed by atoms with Gasteiger partial charge in [0, 0.05) is 10.5 Å². The zero-order valence-corrected chi connectivity index (χ0v) is 13.1. The minimum absolute atomic E-state index is 0.0999. The number of benzene rings is 1. The molecule has 1 fully saturated rings. The Morgan fingerprint density at radius 1 is 1.42 bits per heavy atom. The van der Waals surface area contributed by atoms with Gasteiger partial charge in [-0.3, -0.25) is 4.79 Å². The number of likely N-dealkylation sites (tertiary alicyclic amines) is 1. The van der Waals surface area contributed by atoms with E-state index in [1.54, 1.807) is 0 Å². The van der Waals surface area contributed by atoms with Crippen LogP contribution in [0, 0.1) is 0 Å². The van der Waals surface area contributed by atoms with E-state index >= 15 is 0 Å². The fourth-order valence-electron chi connectivity index (χ4n) is 2.41. The summed E-state index contributed by atoms with van der Waals surface area (Å²) in [5.74, 6) is 0.0322. The number of piperidine rings is 1. The lowest BCUT2D eigenvalue weighted by Crippen LogP contribution is -2.44. The second-order valence-corrected chi connectivity index (χ2v) is 6.28. The van der Waals surface area contributed by atoms with Crippen molar-refractivity contribution >= 4 is 21.8 Å². The first kappa shape index (κ1) is 14.5. The molecule has 1 unspecified atom stereocenters. The van der Waals surface area contributed by atoms with Gasteiger partial charge in [-0.2, -0.15) is 0 Å². The summed E-state index contributed by atoms with van der Waals surface area (Å²) in [5.41, 5.74) is 1.06. The molecule has 1 aliphatic rings. The van der Waals surface area contributed by atoms with Gasteiger partial charge in [-0.1, -0.05) is 28.1 Å². The average Bonchev–Trinajstić information content (AvgIpc) is 2.40. The maximum absolute atomic E-state index is 12.3. The lowest BCUT2D eigenvalue weighted by Gasteiger charge is -2.30. The van der Waals surface area contributed by atoms with E-state index in [-0.39, 0.29) is 11.8 Å². The Kier molecular flexibility index (Phi) is 4.99. The number of amides is 1. The fourth-order valence-corrected chi connectivity index (χ4v) is 2.82. The zero-order valence-electron chi connectivity index (χ0n) is 11.5. The largest absolute Gasteiger partial charge is 0.353 e. The predicted octanol–water partition coefficient (Wildman–Crippen LogP) is 2.76. The molecule has 1 aromatic rings. The molecule has 104 valence electrons. The first-order valence-corrected chi connectivity index (χ1v) is 7.60. The molecule has 1 aromatic carbocycles. The standard InChI is InChI=1S/C15H21BrN2O/c1-11(12-4-3-5-13(16)10-12)15(19)17-14-6-8-18(2)9-7-14/h3-5,10-11,14H,6-9H2,1-2H3,(H,17,19). The lowest BCUT2D eigenvalue weighted by molar-refractivity contribution is -0.123. The molecule has 3 nitrogen and oxygen atoms in total. The van der Waals surface area contributed by atoms with Crippen LogP contribution in [0.4, 0.5) is 0 Å². The van der Waals surface area contributed by atoms with Gasteiger partial charge < -0.3 is 10.2 Å². The molecule has 4 heteroatoms. The highest BCUT2D eigenvalue weighted by Gasteiger charge is 2.22. The predicted molar refractivity (Wildman–Crippen MR) is 81.2 cm³/mol. The monoisotopic (exact) mass is 324 g/mol. The molecule has 0 spiro atoms. The van der Waals surface area contributed by atoms with E-state index in [0.717, 1.165) is 36.0 Å². The van der Waals surface area contributed by atoms with E-state index in [4.69, 9.17) is 0 Å². The van der Waals surface area contributed by atoms with Crippen LogP contribution in [-0.2, 0) is 4.79 Å². The Hall–Kier alpha value is -0.870. The van der Waals surface area contributed by atoms with Crippen molar-refractivity contribution in [3.63, 3.8) is 0 Å². The highest BCUT2D eigenvalue weighted by Crippen LogP contribution is 2.20. The summed E-state index contributed by atoms with van der Waals surface area (Å²) in [4.78, 5) is 14.6. The summed E-state index contributed by atoms with van der Waals surface area (Å²) in [7, 11) is 2.13. The van der Waals surface area contributed by atoms with Crippen molar-refractivity contribution in [2.45, 2.75) is 31.7 Å². The topological polar surface area (TPSA) is 32.3 Å². The van der Waals surface area contributed by atoms with Crippen LogP contribution in [0.5, 0.6) is 0 Å². The van der Waals surface area contributed by atoms with Gasteiger partial charge >= 0.3 is 0 Å². The van der Waals surface area contributed by atoms with Gasteiger partial charge in [0.25, 0.3) is 0 Å². The molecule has 1 amide bonds. The van der Waals surface area contributed by atoms with Crippen LogP contribution in [0.15, 0.2) is 28.7 Å². The fraction of sp³-hybridized carbons (Fsp3) is 0.533. The number of nitrogens with one attached hydrogen (secondary N) is 1. The molecular formula is C15H21BrN2O. The minimum Gasteiger partial charge on any atom is -0.353 e. The molecule has 1 aliphatic heterocycles. The van der Waals surface area contributed by atoms with Gasteiger partial charge in [0.15, 0.2) is 0 Å². The van der Waals surface area contributed by atoms with Gasteiger partial charge in [-0.05, 0) is 57.6 Å². The maximum Gasteiger partial charge on any atom is 0.227 e. The molecular weight excluding hydrogens is 304 g/mol. The molecule has 0 radical (unpaired) electrons. The van der Waals surface area contributed by atoms with Crippen molar-refractivity contribution < 1.29 is 4.79 Å². The number of carbonyl (C=O) groups excluding carboxylic acids is 1. The molecule has 1 saturated heterocycles. The molecule has 0 bridgehead atoms. The Labute approximate surface area is 123 Å². The number of hydrogen-bond acceptors (Lipinski definition) is 2. The van der Waals surface area contributed by atoms with Crippen LogP contribution in [0.2, 0.25) is 0 Å². The summed E-state index contributed by atoms with van der Waals surface area (Å²) in [6.45, 7) is 4.10. The number of carbonyl (C=O) groups is 1. The summed E-state index contributed by atoms with van der Waals surface area (Å²) in [5, 5.41) is 3.18. The van der Waals surface area contributed by atoms with Crippen LogP contribution in [0.3, 0.4) is 0 Å². The van der Waals surface area contributed by atoms with Crippen LogP contribution < -0.4 is 5.32 Å². The number of hydrogen-bond donors (Lipinski definition) is 1. The molecule has 1 atom stereocenters. The Morgan fingerprint density at radius 3 is 2.74 bits per heavy atom. The first-order chi connectivity index (χ1) is 9.06. The molecule has 19 heavy (non-hydrogen) atoms. The lowest BCUT2D eigenvalue weighted by atomic mass is 9.98. The number of nitrogens with zero attached hydrogens (tertiary/aromatic N) is 1. The molecule has 1 heterocycles. The quantitative estimate of drug-likeness (QED) is 0.927. The molecule has 0 aromatic heterocycles. The van der Waals surface area contributed by atoms with E-state index in [0.29, 0.717) is 6.04 Å². The maximum atomic E-state index is 12.3. The zero-order chi connectivity index (χ0) is 13.8.